The molecule has 1 saturated heterocycles. The van der Waals surface area contributed by atoms with Crippen molar-refractivity contribution >= 4 is 40.7 Å². The van der Waals surface area contributed by atoms with Crippen LogP contribution in [0.2, 0.25) is 10.0 Å². The second-order valence-corrected chi connectivity index (χ2v) is 8.21. The number of hydrogen-bond donors (Lipinski definition) is 1. The molecule has 3 rings (SSSR count). The normalized spacial score (nSPS) is 15.8. The zero-order chi connectivity index (χ0) is 21.0. The number of anilines is 1. The maximum atomic E-state index is 12.6. The molecule has 1 unspecified atom stereocenters. The SMILES string of the molecule is Cc1ccc(CC(=O)N2CCN(C(C)C(=O)Nc3cc(Cl)ccc3Cl)CC2)cc1. The van der Waals surface area contributed by atoms with Crippen LogP contribution in [0.3, 0.4) is 0 Å². The van der Waals surface area contributed by atoms with Crippen LogP contribution in [0.4, 0.5) is 5.69 Å². The van der Waals surface area contributed by atoms with Crippen LogP contribution in [-0.4, -0.2) is 53.8 Å². The van der Waals surface area contributed by atoms with Crippen LogP contribution in [0, 0.1) is 6.92 Å². The number of aryl methyl sites for hydroxylation is 1. The molecule has 5 nitrogen and oxygen atoms in total. The van der Waals surface area contributed by atoms with E-state index in [-0.39, 0.29) is 17.9 Å². The fourth-order valence-electron chi connectivity index (χ4n) is 3.35. The highest BCUT2D eigenvalue weighted by Gasteiger charge is 2.27. The van der Waals surface area contributed by atoms with Crippen molar-refractivity contribution in [2.24, 2.45) is 0 Å². The van der Waals surface area contributed by atoms with Crippen LogP contribution >= 0.6 is 23.2 Å². The summed E-state index contributed by atoms with van der Waals surface area (Å²) in [7, 11) is 0. The van der Waals surface area contributed by atoms with Gasteiger partial charge in [-0.15, -0.1) is 0 Å². The topological polar surface area (TPSA) is 52.7 Å². The van der Waals surface area contributed by atoms with E-state index in [0.29, 0.717) is 48.3 Å². The quantitative estimate of drug-likeness (QED) is 0.774. The first kappa shape index (κ1) is 21.6. The predicted molar refractivity (Wildman–Crippen MR) is 118 cm³/mol. The molecule has 154 valence electrons. The molecule has 0 aliphatic carbocycles. The highest BCUT2D eigenvalue weighted by Crippen LogP contribution is 2.25. The zero-order valence-corrected chi connectivity index (χ0v) is 18.1. The fourth-order valence-corrected chi connectivity index (χ4v) is 3.68. The number of amides is 2. The highest BCUT2D eigenvalue weighted by atomic mass is 35.5. The molecule has 0 radical (unpaired) electrons. The average Bonchev–Trinajstić information content (AvgIpc) is 2.72. The van der Waals surface area contributed by atoms with Gasteiger partial charge in [-0.3, -0.25) is 14.5 Å². The number of benzene rings is 2. The number of nitrogens with one attached hydrogen (secondary N) is 1. The van der Waals surface area contributed by atoms with E-state index in [0.717, 1.165) is 5.56 Å². The maximum absolute atomic E-state index is 12.6. The van der Waals surface area contributed by atoms with E-state index in [2.05, 4.69) is 10.2 Å². The molecule has 0 bridgehead atoms. The molecule has 1 atom stereocenters. The minimum Gasteiger partial charge on any atom is -0.340 e. The summed E-state index contributed by atoms with van der Waals surface area (Å²) in [6.45, 7) is 6.41. The van der Waals surface area contributed by atoms with E-state index in [1.54, 1.807) is 18.2 Å². The lowest BCUT2D eigenvalue weighted by atomic mass is 10.1. The molecule has 1 N–H and O–H groups in total. The monoisotopic (exact) mass is 433 g/mol. The predicted octanol–water partition coefficient (Wildman–Crippen LogP) is 4.02. The largest absolute Gasteiger partial charge is 0.340 e. The van der Waals surface area contributed by atoms with Crippen LogP contribution in [0.1, 0.15) is 18.1 Å². The van der Waals surface area contributed by atoms with Crippen LogP contribution in [0.25, 0.3) is 0 Å². The number of nitrogens with zero attached hydrogens (tertiary/aromatic N) is 2. The Bertz CT molecular complexity index is 878. The van der Waals surface area contributed by atoms with Crippen LogP contribution in [0.15, 0.2) is 42.5 Å². The van der Waals surface area contributed by atoms with Gasteiger partial charge in [0.15, 0.2) is 0 Å². The van der Waals surface area contributed by atoms with Gasteiger partial charge >= 0.3 is 0 Å². The second-order valence-electron chi connectivity index (χ2n) is 7.37. The summed E-state index contributed by atoms with van der Waals surface area (Å²) in [5, 5.41) is 3.80. The third kappa shape index (κ3) is 5.72. The van der Waals surface area contributed by atoms with Crippen molar-refractivity contribution in [2.75, 3.05) is 31.5 Å². The molecule has 0 spiro atoms. The van der Waals surface area contributed by atoms with Gasteiger partial charge in [0.25, 0.3) is 0 Å². The molecule has 7 heteroatoms. The van der Waals surface area contributed by atoms with E-state index in [4.69, 9.17) is 23.2 Å². The van der Waals surface area contributed by atoms with Crippen molar-refractivity contribution < 1.29 is 9.59 Å². The van der Waals surface area contributed by atoms with Crippen molar-refractivity contribution in [1.29, 1.82) is 0 Å². The molecule has 2 amide bonds. The van der Waals surface area contributed by atoms with E-state index in [1.165, 1.54) is 5.56 Å². The highest BCUT2D eigenvalue weighted by molar-refractivity contribution is 6.35. The van der Waals surface area contributed by atoms with Crippen molar-refractivity contribution in [2.45, 2.75) is 26.3 Å². The molecule has 2 aromatic carbocycles. The number of halogens is 2. The lowest BCUT2D eigenvalue weighted by molar-refractivity contribution is -0.133. The molecule has 0 saturated carbocycles. The lowest BCUT2D eigenvalue weighted by Gasteiger charge is -2.37. The van der Waals surface area contributed by atoms with Crippen LogP contribution in [0.5, 0.6) is 0 Å². The third-order valence-corrected chi connectivity index (χ3v) is 5.82. The van der Waals surface area contributed by atoms with Gasteiger partial charge in [-0.05, 0) is 37.6 Å². The molecule has 1 fully saturated rings. The average molecular weight is 434 g/mol. The summed E-state index contributed by atoms with van der Waals surface area (Å²) in [5.41, 5.74) is 2.71. The zero-order valence-electron chi connectivity index (χ0n) is 16.6. The van der Waals surface area contributed by atoms with Gasteiger partial charge in [0.1, 0.15) is 0 Å². The van der Waals surface area contributed by atoms with Crippen LogP contribution < -0.4 is 5.32 Å². The Labute approximate surface area is 181 Å². The third-order valence-electron chi connectivity index (χ3n) is 5.26. The van der Waals surface area contributed by atoms with Gasteiger partial charge in [0, 0.05) is 31.2 Å². The summed E-state index contributed by atoms with van der Waals surface area (Å²) < 4.78 is 0. The molecular formula is C22H25Cl2N3O2. The Morgan fingerprint density at radius 3 is 2.34 bits per heavy atom. The van der Waals surface area contributed by atoms with Gasteiger partial charge in [-0.1, -0.05) is 53.0 Å². The standard InChI is InChI=1S/C22H25Cl2N3O2/c1-15-3-5-17(6-4-15)13-21(28)27-11-9-26(10-12-27)16(2)22(29)25-20-14-18(23)7-8-19(20)24/h3-8,14,16H,9-13H2,1-2H3,(H,25,29). The van der Waals surface area contributed by atoms with Gasteiger partial charge in [0.2, 0.25) is 11.8 Å². The maximum Gasteiger partial charge on any atom is 0.241 e. The minimum absolute atomic E-state index is 0.122. The Morgan fingerprint density at radius 1 is 1.03 bits per heavy atom. The molecule has 1 aliphatic heterocycles. The Kier molecular flexibility index (Phi) is 7.17. The van der Waals surface area contributed by atoms with E-state index < -0.39 is 0 Å². The molecule has 1 aliphatic rings. The van der Waals surface area contributed by atoms with Crippen molar-refractivity contribution in [3.05, 3.63) is 63.6 Å². The molecule has 0 aromatic heterocycles. The number of carbonyl (C=O) groups is 2. The van der Waals surface area contributed by atoms with E-state index in [9.17, 15) is 9.59 Å². The fraction of sp³-hybridized carbons (Fsp3) is 0.364. The first-order chi connectivity index (χ1) is 13.8. The molecule has 2 aromatic rings. The Balaban J connectivity index is 1.51. The minimum atomic E-state index is -0.334. The summed E-state index contributed by atoms with van der Waals surface area (Å²) >= 11 is 12.1. The summed E-state index contributed by atoms with van der Waals surface area (Å²) in [6.07, 6.45) is 0.406. The number of rotatable bonds is 5. The van der Waals surface area contributed by atoms with Crippen molar-refractivity contribution in [3.8, 4) is 0 Å². The smallest absolute Gasteiger partial charge is 0.241 e. The van der Waals surface area contributed by atoms with Crippen molar-refractivity contribution in [3.63, 3.8) is 0 Å². The lowest BCUT2D eigenvalue weighted by Crippen LogP contribution is -2.54. The number of piperazine rings is 1. The first-order valence-corrected chi connectivity index (χ1v) is 10.4. The number of carbonyl (C=O) groups excluding carboxylic acids is 2. The van der Waals surface area contributed by atoms with Gasteiger partial charge in [-0.2, -0.15) is 0 Å². The van der Waals surface area contributed by atoms with E-state index >= 15 is 0 Å². The Morgan fingerprint density at radius 2 is 1.69 bits per heavy atom. The Hall–Kier alpha value is -2.08. The van der Waals surface area contributed by atoms with Gasteiger partial charge in [0.05, 0.1) is 23.2 Å². The summed E-state index contributed by atoms with van der Waals surface area (Å²) in [6, 6.07) is 12.7. The summed E-state index contributed by atoms with van der Waals surface area (Å²) in [5.74, 6) is -0.0232. The molecular weight excluding hydrogens is 409 g/mol. The first-order valence-electron chi connectivity index (χ1n) is 9.67. The number of hydrogen-bond acceptors (Lipinski definition) is 3. The second kappa shape index (κ2) is 9.61. The van der Waals surface area contributed by atoms with Gasteiger partial charge < -0.3 is 10.2 Å². The van der Waals surface area contributed by atoms with Crippen molar-refractivity contribution in [1.82, 2.24) is 9.80 Å². The molecule has 1 heterocycles. The van der Waals surface area contributed by atoms with E-state index in [1.807, 2.05) is 43.0 Å². The molecule has 29 heavy (non-hydrogen) atoms. The van der Waals surface area contributed by atoms with Gasteiger partial charge in [-0.25, -0.2) is 0 Å². The van der Waals surface area contributed by atoms with Crippen LogP contribution in [-0.2, 0) is 16.0 Å². The summed E-state index contributed by atoms with van der Waals surface area (Å²) in [4.78, 5) is 29.1.